The predicted octanol–water partition coefficient (Wildman–Crippen LogP) is 6.18. The zero-order valence-corrected chi connectivity index (χ0v) is 19.0. The van der Waals surface area contributed by atoms with Gasteiger partial charge in [-0.25, -0.2) is 9.78 Å². The Hall–Kier alpha value is -2.53. The Morgan fingerprint density at radius 2 is 1.97 bits per heavy atom. The third-order valence-electron chi connectivity index (χ3n) is 6.01. The van der Waals surface area contributed by atoms with Gasteiger partial charge in [0.15, 0.2) is 0 Å². The molecule has 1 saturated carbocycles. The number of fused-ring (bicyclic) bond motifs is 1. The number of hydrogen-bond donors (Lipinski definition) is 0. The lowest BCUT2D eigenvalue weighted by molar-refractivity contribution is 0.0526. The van der Waals surface area contributed by atoms with Gasteiger partial charge in [-0.2, -0.15) is 0 Å². The molecule has 0 bridgehead atoms. The standard InChI is InChI=1S/C25H29ClN2O3/c1-3-30-25(29)19-10-12-23-24(13-19)28(17(2)27-23)15-20-9-11-21(14-22(20)26)31-16-18-7-5-4-6-8-18/h9-14,18H,3-8,15-16H2,1-2H3. The lowest BCUT2D eigenvalue weighted by atomic mass is 9.90. The monoisotopic (exact) mass is 440 g/mol. The van der Waals surface area contributed by atoms with Crippen molar-refractivity contribution >= 4 is 28.6 Å². The van der Waals surface area contributed by atoms with Crippen LogP contribution < -0.4 is 4.74 Å². The molecule has 164 valence electrons. The summed E-state index contributed by atoms with van der Waals surface area (Å²) in [7, 11) is 0. The number of ether oxygens (including phenoxy) is 2. The van der Waals surface area contributed by atoms with E-state index in [0.29, 0.717) is 29.7 Å². The molecule has 0 aliphatic heterocycles. The molecule has 4 rings (SSSR count). The van der Waals surface area contributed by atoms with Crippen molar-refractivity contribution < 1.29 is 14.3 Å². The van der Waals surface area contributed by atoms with E-state index in [9.17, 15) is 4.79 Å². The summed E-state index contributed by atoms with van der Waals surface area (Å²) in [6, 6.07) is 11.3. The van der Waals surface area contributed by atoms with Gasteiger partial charge in [0.1, 0.15) is 11.6 Å². The fourth-order valence-corrected chi connectivity index (χ4v) is 4.50. The first-order valence-corrected chi connectivity index (χ1v) is 11.5. The number of esters is 1. The number of imidazole rings is 1. The smallest absolute Gasteiger partial charge is 0.338 e. The summed E-state index contributed by atoms with van der Waals surface area (Å²) in [6.07, 6.45) is 6.48. The first kappa shape index (κ1) is 21.7. The predicted molar refractivity (Wildman–Crippen MR) is 123 cm³/mol. The Morgan fingerprint density at radius 3 is 2.71 bits per heavy atom. The molecule has 5 nitrogen and oxygen atoms in total. The van der Waals surface area contributed by atoms with Crippen molar-refractivity contribution in [3.05, 3.63) is 58.4 Å². The van der Waals surface area contributed by atoms with Crippen molar-refractivity contribution in [1.29, 1.82) is 0 Å². The van der Waals surface area contributed by atoms with Crippen LogP contribution in [0, 0.1) is 12.8 Å². The van der Waals surface area contributed by atoms with Gasteiger partial charge in [-0.1, -0.05) is 36.9 Å². The molecular weight excluding hydrogens is 412 g/mol. The van der Waals surface area contributed by atoms with Crippen molar-refractivity contribution in [2.24, 2.45) is 5.92 Å². The Morgan fingerprint density at radius 1 is 1.16 bits per heavy atom. The maximum Gasteiger partial charge on any atom is 0.338 e. The third kappa shape index (κ3) is 5.04. The summed E-state index contributed by atoms with van der Waals surface area (Å²) in [6.45, 7) is 5.43. The lowest BCUT2D eigenvalue weighted by Gasteiger charge is -2.21. The molecule has 0 N–H and O–H groups in total. The summed E-state index contributed by atoms with van der Waals surface area (Å²) in [4.78, 5) is 16.8. The molecule has 6 heteroatoms. The zero-order valence-electron chi connectivity index (χ0n) is 18.2. The van der Waals surface area contributed by atoms with Crippen molar-refractivity contribution in [2.45, 2.75) is 52.5 Å². The second-order valence-electron chi connectivity index (χ2n) is 8.24. The van der Waals surface area contributed by atoms with Gasteiger partial charge in [0.25, 0.3) is 0 Å². The number of carbonyl (C=O) groups is 1. The number of carbonyl (C=O) groups excluding carboxylic acids is 1. The van der Waals surface area contributed by atoms with Gasteiger partial charge >= 0.3 is 5.97 Å². The number of nitrogens with zero attached hydrogens (tertiary/aromatic N) is 2. The van der Waals surface area contributed by atoms with E-state index in [1.165, 1.54) is 32.1 Å². The molecule has 0 spiro atoms. The summed E-state index contributed by atoms with van der Waals surface area (Å²) in [5.74, 6) is 2.01. The quantitative estimate of drug-likeness (QED) is 0.411. The highest BCUT2D eigenvalue weighted by molar-refractivity contribution is 6.31. The van der Waals surface area contributed by atoms with Crippen LogP contribution in [0.4, 0.5) is 0 Å². The Balaban J connectivity index is 1.52. The molecule has 31 heavy (non-hydrogen) atoms. The topological polar surface area (TPSA) is 53.3 Å². The van der Waals surface area contributed by atoms with Gasteiger partial charge in [0, 0.05) is 5.02 Å². The maximum absolute atomic E-state index is 12.1. The fraction of sp³-hybridized carbons (Fsp3) is 0.440. The van der Waals surface area contributed by atoms with E-state index in [2.05, 4.69) is 9.55 Å². The number of benzene rings is 2. The highest BCUT2D eigenvalue weighted by Gasteiger charge is 2.16. The fourth-order valence-electron chi connectivity index (χ4n) is 4.27. The molecule has 1 fully saturated rings. The van der Waals surface area contributed by atoms with E-state index >= 15 is 0 Å². The summed E-state index contributed by atoms with van der Waals surface area (Å²) in [5.41, 5.74) is 3.23. The van der Waals surface area contributed by atoms with Gasteiger partial charge in [-0.15, -0.1) is 0 Å². The van der Waals surface area contributed by atoms with E-state index in [-0.39, 0.29) is 5.97 Å². The normalized spacial score (nSPS) is 14.7. The van der Waals surface area contributed by atoms with E-state index < -0.39 is 0 Å². The van der Waals surface area contributed by atoms with Crippen LogP contribution in [0.25, 0.3) is 11.0 Å². The largest absolute Gasteiger partial charge is 0.493 e. The summed E-state index contributed by atoms with van der Waals surface area (Å²) in [5, 5.41) is 0.670. The minimum Gasteiger partial charge on any atom is -0.493 e. The SMILES string of the molecule is CCOC(=O)c1ccc2nc(C)n(Cc3ccc(OCC4CCCCC4)cc3Cl)c2c1. The molecule has 1 aromatic heterocycles. The molecule has 1 aliphatic carbocycles. The van der Waals surface area contributed by atoms with Crippen LogP contribution in [0.2, 0.25) is 5.02 Å². The molecular formula is C25H29ClN2O3. The van der Waals surface area contributed by atoms with Crippen LogP contribution in [0.3, 0.4) is 0 Å². The number of halogens is 1. The van der Waals surface area contributed by atoms with Crippen LogP contribution in [-0.4, -0.2) is 28.7 Å². The molecule has 1 aliphatic rings. The molecule has 1 heterocycles. The van der Waals surface area contributed by atoms with E-state index in [1.807, 2.05) is 37.3 Å². The molecule has 0 amide bonds. The number of rotatable bonds is 7. The second kappa shape index (κ2) is 9.73. The van der Waals surface area contributed by atoms with Gasteiger partial charge < -0.3 is 14.0 Å². The van der Waals surface area contributed by atoms with Gasteiger partial charge in [0.2, 0.25) is 0 Å². The molecule has 2 aromatic carbocycles. The van der Waals surface area contributed by atoms with Gasteiger partial charge in [0.05, 0.1) is 36.4 Å². The second-order valence-corrected chi connectivity index (χ2v) is 8.64. The van der Waals surface area contributed by atoms with Crippen molar-refractivity contribution in [3.8, 4) is 5.75 Å². The van der Waals surface area contributed by atoms with Crippen molar-refractivity contribution in [3.63, 3.8) is 0 Å². The Kier molecular flexibility index (Phi) is 6.81. The third-order valence-corrected chi connectivity index (χ3v) is 6.37. The molecule has 0 radical (unpaired) electrons. The average Bonchev–Trinajstić information content (AvgIpc) is 3.09. The Labute approximate surface area is 188 Å². The summed E-state index contributed by atoms with van der Waals surface area (Å²) >= 11 is 6.61. The Bertz CT molecular complexity index is 1070. The van der Waals surface area contributed by atoms with Crippen molar-refractivity contribution in [2.75, 3.05) is 13.2 Å². The van der Waals surface area contributed by atoms with Crippen LogP contribution in [-0.2, 0) is 11.3 Å². The average molecular weight is 441 g/mol. The summed E-state index contributed by atoms with van der Waals surface area (Å²) < 4.78 is 13.2. The van der Waals surface area contributed by atoms with Crippen molar-refractivity contribution in [1.82, 2.24) is 9.55 Å². The van der Waals surface area contributed by atoms with E-state index in [0.717, 1.165) is 34.8 Å². The van der Waals surface area contributed by atoms with Crippen LogP contribution in [0.15, 0.2) is 36.4 Å². The molecule has 3 aromatic rings. The van der Waals surface area contributed by atoms with Gasteiger partial charge in [-0.3, -0.25) is 0 Å². The highest BCUT2D eigenvalue weighted by atomic mass is 35.5. The molecule has 0 unspecified atom stereocenters. The number of hydrogen-bond acceptors (Lipinski definition) is 4. The first-order chi connectivity index (χ1) is 15.0. The van der Waals surface area contributed by atoms with E-state index in [1.54, 1.807) is 13.0 Å². The number of aromatic nitrogens is 2. The first-order valence-electron chi connectivity index (χ1n) is 11.1. The minimum atomic E-state index is -0.327. The minimum absolute atomic E-state index is 0.327. The van der Waals surface area contributed by atoms with Crippen LogP contribution in [0.5, 0.6) is 5.75 Å². The molecule has 0 saturated heterocycles. The number of aryl methyl sites for hydroxylation is 1. The van der Waals surface area contributed by atoms with Crippen LogP contribution >= 0.6 is 11.6 Å². The maximum atomic E-state index is 12.1. The molecule has 0 atom stereocenters. The highest BCUT2D eigenvalue weighted by Crippen LogP contribution is 2.28. The zero-order chi connectivity index (χ0) is 21.8. The van der Waals surface area contributed by atoms with E-state index in [4.69, 9.17) is 21.1 Å². The van der Waals surface area contributed by atoms with Crippen LogP contribution in [0.1, 0.15) is 60.8 Å². The van der Waals surface area contributed by atoms with Gasteiger partial charge in [-0.05, 0) is 68.5 Å². The lowest BCUT2D eigenvalue weighted by Crippen LogP contribution is -2.15.